The van der Waals surface area contributed by atoms with E-state index in [1.54, 1.807) is 24.3 Å². The van der Waals surface area contributed by atoms with Crippen LogP contribution >= 0.6 is 11.6 Å². The first-order valence-electron chi connectivity index (χ1n) is 9.26. The zero-order valence-electron chi connectivity index (χ0n) is 15.0. The quantitative estimate of drug-likeness (QED) is 0.797. The van der Waals surface area contributed by atoms with Gasteiger partial charge in [0.2, 0.25) is 0 Å². The number of amides is 2. The van der Waals surface area contributed by atoms with Crippen LogP contribution in [-0.4, -0.2) is 74.1 Å². The summed E-state index contributed by atoms with van der Waals surface area (Å²) in [6.45, 7) is 6.11. The molecule has 2 amide bonds. The topological polar surface area (TPSA) is 61.9 Å². The first kappa shape index (κ1) is 19.1. The van der Waals surface area contributed by atoms with E-state index in [4.69, 9.17) is 16.3 Å². The molecule has 0 unspecified atom stereocenters. The fourth-order valence-electron chi connectivity index (χ4n) is 3.45. The molecule has 0 atom stereocenters. The smallest absolute Gasteiger partial charge is 0.317 e. The van der Waals surface area contributed by atoms with Crippen molar-refractivity contribution in [3.63, 3.8) is 0 Å². The highest BCUT2D eigenvalue weighted by atomic mass is 35.5. The lowest BCUT2D eigenvalue weighted by atomic mass is 9.89. The van der Waals surface area contributed by atoms with Crippen LogP contribution in [0.25, 0.3) is 0 Å². The van der Waals surface area contributed by atoms with Crippen molar-refractivity contribution in [1.29, 1.82) is 0 Å². The van der Waals surface area contributed by atoms with Gasteiger partial charge in [-0.2, -0.15) is 0 Å². The fourth-order valence-corrected chi connectivity index (χ4v) is 3.58. The summed E-state index contributed by atoms with van der Waals surface area (Å²) in [7, 11) is 0. The summed E-state index contributed by atoms with van der Waals surface area (Å²) in [5.74, 6) is 0.127. The molecule has 142 valence electrons. The van der Waals surface area contributed by atoms with Crippen LogP contribution < -0.4 is 5.32 Å². The number of hydrogen-bond donors (Lipinski definition) is 1. The van der Waals surface area contributed by atoms with Crippen LogP contribution in [0, 0.1) is 5.92 Å². The molecule has 1 aromatic carbocycles. The van der Waals surface area contributed by atoms with Crippen LogP contribution in [0.2, 0.25) is 5.02 Å². The molecule has 26 heavy (non-hydrogen) atoms. The maximum Gasteiger partial charge on any atom is 0.317 e. The Bertz CT molecular complexity index is 609. The number of rotatable bonds is 5. The van der Waals surface area contributed by atoms with Crippen LogP contribution in [-0.2, 0) is 4.74 Å². The van der Waals surface area contributed by atoms with Crippen molar-refractivity contribution in [1.82, 2.24) is 15.1 Å². The second-order valence-corrected chi connectivity index (χ2v) is 7.25. The normalized spacial score (nSPS) is 19.3. The molecule has 0 spiro atoms. The molecule has 0 radical (unpaired) electrons. The molecule has 2 fully saturated rings. The number of nitrogens with zero attached hydrogens (tertiary/aromatic N) is 2. The highest BCUT2D eigenvalue weighted by Crippen LogP contribution is 2.22. The average molecular weight is 380 g/mol. The molecule has 3 rings (SSSR count). The third kappa shape index (κ3) is 5.19. The Morgan fingerprint density at radius 2 is 1.73 bits per heavy atom. The van der Waals surface area contributed by atoms with Gasteiger partial charge in [0.25, 0.3) is 0 Å². The Morgan fingerprint density at radius 1 is 1.08 bits per heavy atom. The third-order valence-electron chi connectivity index (χ3n) is 5.09. The van der Waals surface area contributed by atoms with E-state index in [-0.39, 0.29) is 17.7 Å². The SMILES string of the molecule is O=C(c1ccc(Cl)cc1)C1CCN(C(=O)NCCN2CCOCC2)CC1. The number of nitrogens with one attached hydrogen (secondary N) is 1. The monoisotopic (exact) mass is 379 g/mol. The van der Waals surface area contributed by atoms with Crippen molar-refractivity contribution in [3.05, 3.63) is 34.9 Å². The van der Waals surface area contributed by atoms with E-state index in [0.29, 0.717) is 43.1 Å². The second kappa shape index (κ2) is 9.35. The zero-order chi connectivity index (χ0) is 18.4. The minimum atomic E-state index is -0.0318. The van der Waals surface area contributed by atoms with Crippen LogP contribution in [0.1, 0.15) is 23.2 Å². The van der Waals surface area contributed by atoms with Gasteiger partial charge >= 0.3 is 6.03 Å². The second-order valence-electron chi connectivity index (χ2n) is 6.82. The summed E-state index contributed by atoms with van der Waals surface area (Å²) in [5.41, 5.74) is 0.697. The molecule has 1 N–H and O–H groups in total. The molecule has 2 aliphatic heterocycles. The Balaban J connectivity index is 1.39. The number of urea groups is 1. The minimum absolute atomic E-state index is 0.0198. The number of likely N-dealkylation sites (tertiary alicyclic amines) is 1. The van der Waals surface area contributed by atoms with Gasteiger partial charge in [-0.05, 0) is 37.1 Å². The summed E-state index contributed by atoms with van der Waals surface area (Å²) in [6, 6.07) is 7.00. The molecule has 0 saturated carbocycles. The third-order valence-corrected chi connectivity index (χ3v) is 5.34. The molecular weight excluding hydrogens is 354 g/mol. The van der Waals surface area contributed by atoms with Crippen LogP contribution in [0.4, 0.5) is 4.79 Å². The number of hydrogen-bond acceptors (Lipinski definition) is 4. The number of Topliss-reactive ketones (excluding diaryl/α,β-unsaturated/α-hetero) is 1. The lowest BCUT2D eigenvalue weighted by Gasteiger charge is -2.32. The van der Waals surface area contributed by atoms with Crippen LogP contribution in [0.5, 0.6) is 0 Å². The van der Waals surface area contributed by atoms with Gasteiger partial charge < -0.3 is 15.0 Å². The maximum atomic E-state index is 12.6. The van der Waals surface area contributed by atoms with E-state index in [1.165, 1.54) is 0 Å². The molecule has 2 saturated heterocycles. The van der Waals surface area contributed by atoms with Gasteiger partial charge in [-0.1, -0.05) is 11.6 Å². The van der Waals surface area contributed by atoms with Crippen molar-refractivity contribution in [2.24, 2.45) is 5.92 Å². The standard InChI is InChI=1S/C19H26ClN3O3/c20-17-3-1-15(2-4-17)18(24)16-5-8-23(9-6-16)19(25)21-7-10-22-11-13-26-14-12-22/h1-4,16H,5-14H2,(H,21,25). The number of carbonyl (C=O) groups is 2. The maximum absolute atomic E-state index is 12.6. The average Bonchev–Trinajstić information content (AvgIpc) is 2.69. The summed E-state index contributed by atoms with van der Waals surface area (Å²) in [6.07, 6.45) is 1.41. The van der Waals surface area contributed by atoms with E-state index >= 15 is 0 Å². The lowest BCUT2D eigenvalue weighted by molar-refractivity contribution is 0.0385. The van der Waals surface area contributed by atoms with E-state index in [1.807, 2.05) is 4.90 Å². The summed E-state index contributed by atoms with van der Waals surface area (Å²) in [5, 5.41) is 3.62. The predicted octanol–water partition coefficient (Wildman–Crippen LogP) is 2.28. The summed E-state index contributed by atoms with van der Waals surface area (Å²) < 4.78 is 5.32. The highest BCUT2D eigenvalue weighted by molar-refractivity contribution is 6.30. The van der Waals surface area contributed by atoms with Gasteiger partial charge in [0.05, 0.1) is 13.2 Å². The van der Waals surface area contributed by atoms with Crippen molar-refractivity contribution in [2.45, 2.75) is 12.8 Å². The number of ether oxygens (including phenoxy) is 1. The number of morpholine rings is 1. The highest BCUT2D eigenvalue weighted by Gasteiger charge is 2.27. The Hall–Kier alpha value is -1.63. The first-order chi connectivity index (χ1) is 12.6. The van der Waals surface area contributed by atoms with Crippen molar-refractivity contribution >= 4 is 23.4 Å². The number of piperidine rings is 1. The van der Waals surface area contributed by atoms with Gasteiger partial charge in [0.1, 0.15) is 0 Å². The zero-order valence-corrected chi connectivity index (χ0v) is 15.7. The van der Waals surface area contributed by atoms with Gasteiger partial charge in [-0.25, -0.2) is 4.79 Å². The molecular formula is C19H26ClN3O3. The van der Waals surface area contributed by atoms with Gasteiger partial charge in [-0.3, -0.25) is 9.69 Å². The van der Waals surface area contributed by atoms with E-state index in [2.05, 4.69) is 10.2 Å². The van der Waals surface area contributed by atoms with E-state index in [0.717, 1.165) is 32.8 Å². The number of benzene rings is 1. The van der Waals surface area contributed by atoms with E-state index < -0.39 is 0 Å². The summed E-state index contributed by atoms with van der Waals surface area (Å²) in [4.78, 5) is 29.0. The summed E-state index contributed by atoms with van der Waals surface area (Å²) >= 11 is 5.88. The van der Waals surface area contributed by atoms with E-state index in [9.17, 15) is 9.59 Å². The molecule has 1 aromatic rings. The molecule has 6 nitrogen and oxygen atoms in total. The molecule has 7 heteroatoms. The van der Waals surface area contributed by atoms with Crippen LogP contribution in [0.15, 0.2) is 24.3 Å². The largest absolute Gasteiger partial charge is 0.379 e. The van der Waals surface area contributed by atoms with Crippen LogP contribution in [0.3, 0.4) is 0 Å². The molecule has 0 aliphatic carbocycles. The molecule has 0 bridgehead atoms. The fraction of sp³-hybridized carbons (Fsp3) is 0.579. The molecule has 2 heterocycles. The van der Waals surface area contributed by atoms with Crippen molar-refractivity contribution in [2.75, 3.05) is 52.5 Å². The lowest BCUT2D eigenvalue weighted by Crippen LogP contribution is -2.48. The molecule has 2 aliphatic rings. The number of carbonyl (C=O) groups excluding carboxylic acids is 2. The number of halogens is 1. The van der Waals surface area contributed by atoms with Gasteiger partial charge in [0, 0.05) is 55.8 Å². The Morgan fingerprint density at radius 3 is 2.38 bits per heavy atom. The van der Waals surface area contributed by atoms with Crippen molar-refractivity contribution < 1.29 is 14.3 Å². The Kier molecular flexibility index (Phi) is 6.88. The predicted molar refractivity (Wildman–Crippen MR) is 101 cm³/mol. The van der Waals surface area contributed by atoms with Gasteiger partial charge in [0.15, 0.2) is 5.78 Å². The Labute approximate surface area is 159 Å². The number of ketones is 1. The minimum Gasteiger partial charge on any atom is -0.379 e. The van der Waals surface area contributed by atoms with Crippen molar-refractivity contribution in [3.8, 4) is 0 Å². The van der Waals surface area contributed by atoms with Gasteiger partial charge in [-0.15, -0.1) is 0 Å². The molecule has 0 aromatic heterocycles. The first-order valence-corrected chi connectivity index (χ1v) is 9.64.